The molecule has 0 aromatic rings. The molecule has 0 aliphatic heterocycles. The largest absolute Gasteiger partial charge is 0.0647 e. The summed E-state index contributed by atoms with van der Waals surface area (Å²) in [5.41, 5.74) is 0.801. The molecule has 3 heteroatoms. The Morgan fingerprint density at radius 1 is 1.57 bits per heavy atom. The fraction of sp³-hybridized carbons (Fsp3) is 1.00. The van der Waals surface area contributed by atoms with Crippen molar-refractivity contribution in [3.05, 3.63) is 0 Å². The zero-order valence-corrected chi connectivity index (χ0v) is 8.55. The minimum atomic E-state index is -0.0368. The first-order chi connectivity index (χ1) is 3.18. The molecular formula is C4H9Br2P. The smallest absolute Gasteiger partial charge is 0.0375 e. The van der Waals surface area contributed by atoms with Gasteiger partial charge in [-0.1, -0.05) is 13.8 Å². The lowest BCUT2D eigenvalue weighted by atomic mass is 10.4. The van der Waals surface area contributed by atoms with Gasteiger partial charge in [-0.2, -0.15) is 0 Å². The van der Waals surface area contributed by atoms with Crippen LogP contribution in [0.1, 0.15) is 20.3 Å². The Labute approximate surface area is 62.3 Å². The highest BCUT2D eigenvalue weighted by Crippen LogP contribution is 2.57. The highest BCUT2D eigenvalue weighted by molar-refractivity contribution is 9.69. The van der Waals surface area contributed by atoms with Crippen LogP contribution in [-0.4, -0.2) is 5.66 Å². The molecule has 0 aliphatic rings. The summed E-state index contributed by atoms with van der Waals surface area (Å²) in [5.74, 6) is 0. The van der Waals surface area contributed by atoms with Gasteiger partial charge < -0.3 is 0 Å². The van der Waals surface area contributed by atoms with Crippen LogP contribution in [0.3, 0.4) is 0 Å². The number of hydrogen-bond donors (Lipinski definition) is 0. The van der Waals surface area contributed by atoms with Crippen LogP contribution < -0.4 is 0 Å². The van der Waals surface area contributed by atoms with Gasteiger partial charge in [0.15, 0.2) is 0 Å². The SMILES string of the molecule is CCC(C)P(Br)Br. The molecule has 7 heavy (non-hydrogen) atoms. The highest BCUT2D eigenvalue weighted by atomic mass is 79.9. The third-order valence-electron chi connectivity index (χ3n) is 0.924. The van der Waals surface area contributed by atoms with E-state index in [9.17, 15) is 0 Å². The molecule has 1 unspecified atom stereocenters. The summed E-state index contributed by atoms with van der Waals surface area (Å²) >= 11 is 6.96. The second-order valence-corrected chi connectivity index (χ2v) is 10.4. The van der Waals surface area contributed by atoms with E-state index in [1.165, 1.54) is 6.42 Å². The van der Waals surface area contributed by atoms with Gasteiger partial charge in [-0.25, -0.2) is 0 Å². The van der Waals surface area contributed by atoms with E-state index >= 15 is 0 Å². The fourth-order valence-electron chi connectivity index (χ4n) is 0.138. The normalized spacial score (nSPS) is 15.0. The molecule has 0 nitrogen and oxygen atoms in total. The molecule has 0 heterocycles. The zero-order valence-electron chi connectivity index (χ0n) is 4.49. The molecule has 44 valence electrons. The first kappa shape index (κ1) is 8.39. The van der Waals surface area contributed by atoms with Crippen molar-refractivity contribution < 1.29 is 0 Å². The van der Waals surface area contributed by atoms with Gasteiger partial charge in [0.05, 0.1) is 0 Å². The third kappa shape index (κ3) is 3.93. The average molecular weight is 248 g/mol. The third-order valence-corrected chi connectivity index (χ3v) is 6.15. The second-order valence-electron chi connectivity index (χ2n) is 1.52. The molecule has 1 atom stereocenters. The van der Waals surface area contributed by atoms with Crippen molar-refractivity contribution in [3.63, 3.8) is 0 Å². The van der Waals surface area contributed by atoms with Crippen LogP contribution in [0.5, 0.6) is 0 Å². The van der Waals surface area contributed by atoms with Crippen LogP contribution in [0.25, 0.3) is 0 Å². The minimum Gasteiger partial charge on any atom is -0.0647 e. The van der Waals surface area contributed by atoms with Gasteiger partial charge in [-0.15, -0.1) is 0 Å². The van der Waals surface area contributed by atoms with Crippen molar-refractivity contribution in [2.75, 3.05) is 0 Å². The van der Waals surface area contributed by atoms with Crippen molar-refractivity contribution >= 4 is 36.3 Å². The molecule has 0 saturated carbocycles. The van der Waals surface area contributed by atoms with Crippen LogP contribution in [0.4, 0.5) is 0 Å². The predicted octanol–water partition coefficient (Wildman–Crippen LogP) is 3.89. The van der Waals surface area contributed by atoms with Crippen molar-refractivity contribution in [3.8, 4) is 0 Å². The monoisotopic (exact) mass is 246 g/mol. The van der Waals surface area contributed by atoms with Gasteiger partial charge in [0.1, 0.15) is 0 Å². The molecule has 0 bridgehead atoms. The number of halogens is 2. The van der Waals surface area contributed by atoms with E-state index in [1.54, 1.807) is 0 Å². The van der Waals surface area contributed by atoms with E-state index in [0.29, 0.717) is 0 Å². The Kier molecular flexibility index (Phi) is 5.14. The van der Waals surface area contributed by atoms with Crippen LogP contribution in [0.15, 0.2) is 0 Å². The Hall–Kier alpha value is 1.39. The molecule has 0 spiro atoms. The van der Waals surface area contributed by atoms with Crippen molar-refractivity contribution in [1.82, 2.24) is 0 Å². The van der Waals surface area contributed by atoms with E-state index in [-0.39, 0.29) is 5.33 Å². The standard InChI is InChI=1S/C4H9Br2P/c1-3-4(2)7(5)6/h4H,3H2,1-2H3. The molecule has 0 aromatic carbocycles. The molecule has 0 N–H and O–H groups in total. The molecule has 0 aromatic heterocycles. The first-order valence-electron chi connectivity index (χ1n) is 2.29. The van der Waals surface area contributed by atoms with Gasteiger partial charge in [0.25, 0.3) is 0 Å². The zero-order chi connectivity index (χ0) is 5.86. The van der Waals surface area contributed by atoms with E-state index in [4.69, 9.17) is 0 Å². The molecule has 0 radical (unpaired) electrons. The van der Waals surface area contributed by atoms with E-state index in [1.807, 2.05) is 0 Å². The van der Waals surface area contributed by atoms with Crippen molar-refractivity contribution in [2.24, 2.45) is 0 Å². The molecule has 0 saturated heterocycles. The van der Waals surface area contributed by atoms with Crippen LogP contribution in [-0.2, 0) is 0 Å². The first-order valence-corrected chi connectivity index (χ1v) is 7.74. The van der Waals surface area contributed by atoms with Crippen molar-refractivity contribution in [2.45, 2.75) is 25.9 Å². The molecular weight excluding hydrogens is 239 g/mol. The molecule has 0 fully saturated rings. The average Bonchev–Trinajstić information content (AvgIpc) is 1.65. The highest BCUT2D eigenvalue weighted by Gasteiger charge is 2.05. The molecule has 0 aliphatic carbocycles. The maximum atomic E-state index is 3.48. The quantitative estimate of drug-likeness (QED) is 0.650. The maximum Gasteiger partial charge on any atom is 0.0375 e. The topological polar surface area (TPSA) is 0 Å². The lowest BCUT2D eigenvalue weighted by molar-refractivity contribution is 0.905. The van der Waals surface area contributed by atoms with Crippen molar-refractivity contribution in [1.29, 1.82) is 0 Å². The lowest BCUT2D eigenvalue weighted by Crippen LogP contribution is -1.87. The number of rotatable bonds is 2. The van der Waals surface area contributed by atoms with Gasteiger partial charge in [-0.05, 0) is 43.1 Å². The second kappa shape index (κ2) is 4.29. The Morgan fingerprint density at radius 3 is 2.00 bits per heavy atom. The summed E-state index contributed by atoms with van der Waals surface area (Å²) in [5, 5.41) is -0.0368. The van der Waals surface area contributed by atoms with Gasteiger partial charge >= 0.3 is 0 Å². The Balaban J connectivity index is 3.14. The van der Waals surface area contributed by atoms with E-state index in [0.717, 1.165) is 5.66 Å². The van der Waals surface area contributed by atoms with Gasteiger partial charge in [0, 0.05) is 5.33 Å². The lowest BCUT2D eigenvalue weighted by Gasteiger charge is -2.06. The van der Waals surface area contributed by atoms with Crippen LogP contribution >= 0.6 is 36.3 Å². The van der Waals surface area contributed by atoms with E-state index in [2.05, 4.69) is 44.8 Å². The minimum absolute atomic E-state index is 0.0368. The van der Waals surface area contributed by atoms with Crippen LogP contribution in [0.2, 0.25) is 0 Å². The van der Waals surface area contributed by atoms with Gasteiger partial charge in [0.2, 0.25) is 0 Å². The number of hydrogen-bond acceptors (Lipinski definition) is 0. The molecule has 0 amide bonds. The summed E-state index contributed by atoms with van der Waals surface area (Å²) in [4.78, 5) is 0. The summed E-state index contributed by atoms with van der Waals surface area (Å²) in [6.45, 7) is 4.43. The summed E-state index contributed by atoms with van der Waals surface area (Å²) < 4.78 is 0. The van der Waals surface area contributed by atoms with E-state index < -0.39 is 0 Å². The summed E-state index contributed by atoms with van der Waals surface area (Å²) in [6, 6.07) is 0. The Bertz CT molecular complexity index is 47.0. The Morgan fingerprint density at radius 2 is 2.00 bits per heavy atom. The summed E-state index contributed by atoms with van der Waals surface area (Å²) in [6.07, 6.45) is 1.25. The summed E-state index contributed by atoms with van der Waals surface area (Å²) in [7, 11) is 0. The van der Waals surface area contributed by atoms with Crippen LogP contribution in [0, 0.1) is 0 Å². The predicted molar refractivity (Wildman–Crippen MR) is 44.5 cm³/mol. The fourth-order valence-corrected chi connectivity index (χ4v) is 2.15. The molecule has 0 rings (SSSR count). The van der Waals surface area contributed by atoms with Gasteiger partial charge in [-0.3, -0.25) is 0 Å². The maximum absolute atomic E-state index is 3.48.